The summed E-state index contributed by atoms with van der Waals surface area (Å²) >= 11 is 1.04. The number of carbonyl (C=O) groups excluding carboxylic acids is 1. The van der Waals surface area contributed by atoms with E-state index in [0.29, 0.717) is 11.1 Å². The number of halogens is 3. The topological polar surface area (TPSA) is 85.1 Å². The molecule has 0 aliphatic rings. The summed E-state index contributed by atoms with van der Waals surface area (Å²) in [5, 5.41) is 9.20. The zero-order chi connectivity index (χ0) is 26.3. The number of alkyl halides is 3. The first-order valence-corrected chi connectivity index (χ1v) is 12.3. The Balaban J connectivity index is 1.71. The van der Waals surface area contributed by atoms with Crippen molar-refractivity contribution in [2.45, 2.75) is 11.7 Å². The molecule has 0 radical (unpaired) electrons. The van der Waals surface area contributed by atoms with Gasteiger partial charge in [-0.2, -0.15) is 18.3 Å². The number of fused-ring (bicyclic) bond motifs is 2. The van der Waals surface area contributed by atoms with Crippen LogP contribution in [0.25, 0.3) is 27.7 Å². The van der Waals surface area contributed by atoms with Crippen molar-refractivity contribution in [1.29, 1.82) is 0 Å². The Labute approximate surface area is 217 Å². The van der Waals surface area contributed by atoms with Crippen molar-refractivity contribution in [2.75, 3.05) is 0 Å². The zero-order valence-electron chi connectivity index (χ0n) is 19.4. The van der Waals surface area contributed by atoms with Gasteiger partial charge >= 0.3 is 6.18 Å². The predicted octanol–water partition coefficient (Wildman–Crippen LogP) is 5.64. The molecule has 188 valence electrons. The second-order valence-corrected chi connectivity index (χ2v) is 9.39. The van der Waals surface area contributed by atoms with E-state index in [1.807, 2.05) is 6.07 Å². The van der Waals surface area contributed by atoms with E-state index in [1.54, 1.807) is 41.9 Å². The van der Waals surface area contributed by atoms with Crippen LogP contribution in [0.15, 0.2) is 97.0 Å². The molecule has 0 saturated carbocycles. The number of benzene rings is 1. The lowest BCUT2D eigenvalue weighted by atomic mass is 9.82. The molecule has 0 aliphatic heterocycles. The van der Waals surface area contributed by atoms with Crippen LogP contribution in [-0.4, -0.2) is 36.6 Å². The van der Waals surface area contributed by atoms with Gasteiger partial charge in [0, 0.05) is 35.1 Å². The Morgan fingerprint density at radius 2 is 1.79 bits per heavy atom. The third kappa shape index (κ3) is 3.79. The standard InChI is InChI=1S/C27H17F3N6OS/c28-27(29,30)26(22-7-1-2-11-33-22,34-25(37)21-6-4-14-38-21)23-20-10-13-31-16-36(20)35-24(23)18-8-9-19-17(15-18)5-3-12-32-19/h1-16H,(H,34,37). The average molecular weight is 531 g/mol. The SMILES string of the molecule is O=C(NC(c1ccccn1)(c1c(-c2ccc3ncccc3c2)nn2cnccc12)C(F)(F)F)c1cccs1. The van der Waals surface area contributed by atoms with Gasteiger partial charge in [0.1, 0.15) is 6.33 Å². The van der Waals surface area contributed by atoms with Crippen LogP contribution in [-0.2, 0) is 5.54 Å². The van der Waals surface area contributed by atoms with Crippen LogP contribution in [0.3, 0.4) is 0 Å². The van der Waals surface area contributed by atoms with E-state index in [1.165, 1.54) is 53.6 Å². The highest BCUT2D eigenvalue weighted by Crippen LogP contribution is 2.48. The van der Waals surface area contributed by atoms with Crippen LogP contribution in [0, 0.1) is 0 Å². The maximum Gasteiger partial charge on any atom is 0.421 e. The highest BCUT2D eigenvalue weighted by molar-refractivity contribution is 7.12. The minimum absolute atomic E-state index is 0.0261. The van der Waals surface area contributed by atoms with Gasteiger partial charge in [-0.25, -0.2) is 9.50 Å². The first kappa shape index (κ1) is 23.7. The monoisotopic (exact) mass is 530 g/mol. The van der Waals surface area contributed by atoms with E-state index >= 15 is 13.2 Å². The van der Waals surface area contributed by atoms with Gasteiger partial charge in [0.25, 0.3) is 5.91 Å². The lowest BCUT2D eigenvalue weighted by Gasteiger charge is -2.36. The van der Waals surface area contributed by atoms with Gasteiger partial charge in [-0.15, -0.1) is 11.3 Å². The van der Waals surface area contributed by atoms with Crippen molar-refractivity contribution in [3.8, 4) is 11.3 Å². The lowest BCUT2D eigenvalue weighted by molar-refractivity contribution is -0.184. The minimum Gasteiger partial charge on any atom is -0.328 e. The van der Waals surface area contributed by atoms with E-state index in [0.717, 1.165) is 16.7 Å². The van der Waals surface area contributed by atoms with Crippen molar-refractivity contribution < 1.29 is 18.0 Å². The summed E-state index contributed by atoms with van der Waals surface area (Å²) in [4.78, 5) is 25.9. The smallest absolute Gasteiger partial charge is 0.328 e. The van der Waals surface area contributed by atoms with Gasteiger partial charge in [0.05, 0.1) is 27.3 Å². The highest BCUT2D eigenvalue weighted by atomic mass is 32.1. The molecule has 0 fully saturated rings. The molecule has 1 aromatic carbocycles. The number of nitrogens with one attached hydrogen (secondary N) is 1. The van der Waals surface area contributed by atoms with Gasteiger partial charge in [-0.3, -0.25) is 14.8 Å². The van der Waals surface area contributed by atoms with E-state index in [4.69, 9.17) is 0 Å². The van der Waals surface area contributed by atoms with Crippen LogP contribution >= 0.6 is 11.3 Å². The van der Waals surface area contributed by atoms with Crippen LogP contribution < -0.4 is 5.32 Å². The maximum absolute atomic E-state index is 15.6. The molecular weight excluding hydrogens is 513 g/mol. The van der Waals surface area contributed by atoms with Crippen molar-refractivity contribution in [1.82, 2.24) is 29.9 Å². The Hall–Kier alpha value is -4.64. The Morgan fingerprint density at radius 3 is 2.55 bits per heavy atom. The number of hydrogen-bond acceptors (Lipinski definition) is 6. The maximum atomic E-state index is 15.6. The van der Waals surface area contributed by atoms with Gasteiger partial charge in [0.15, 0.2) is 0 Å². The molecule has 5 aromatic heterocycles. The third-order valence-electron chi connectivity index (χ3n) is 6.21. The molecule has 6 rings (SSSR count). The van der Waals surface area contributed by atoms with E-state index < -0.39 is 23.3 Å². The number of thiophene rings is 1. The summed E-state index contributed by atoms with van der Waals surface area (Å²) in [7, 11) is 0. The number of rotatable bonds is 5. The summed E-state index contributed by atoms with van der Waals surface area (Å²) in [6.45, 7) is 0. The Bertz CT molecular complexity index is 1770. The van der Waals surface area contributed by atoms with E-state index in [2.05, 4.69) is 25.4 Å². The molecule has 6 aromatic rings. The number of pyridine rings is 2. The number of hydrogen-bond donors (Lipinski definition) is 1. The predicted molar refractivity (Wildman–Crippen MR) is 137 cm³/mol. The summed E-state index contributed by atoms with van der Waals surface area (Å²) in [6, 6.07) is 17.4. The molecule has 0 spiro atoms. The molecule has 1 atom stereocenters. The first-order chi connectivity index (χ1) is 18.4. The van der Waals surface area contributed by atoms with Crippen molar-refractivity contribution in [3.05, 3.63) is 113 Å². The number of aromatic nitrogens is 5. The molecule has 11 heteroatoms. The van der Waals surface area contributed by atoms with Gasteiger partial charge in [-0.1, -0.05) is 24.3 Å². The van der Waals surface area contributed by atoms with Crippen LogP contribution in [0.2, 0.25) is 0 Å². The number of carbonyl (C=O) groups is 1. The highest BCUT2D eigenvalue weighted by Gasteiger charge is 2.62. The Kier molecular flexibility index (Phi) is 5.64. The molecule has 1 amide bonds. The number of nitrogens with zero attached hydrogens (tertiary/aromatic N) is 5. The normalized spacial score (nSPS) is 13.4. The first-order valence-electron chi connectivity index (χ1n) is 11.4. The molecule has 0 saturated heterocycles. The van der Waals surface area contributed by atoms with Gasteiger partial charge in [0.2, 0.25) is 5.54 Å². The average Bonchev–Trinajstić information content (AvgIpc) is 3.60. The summed E-state index contributed by atoms with van der Waals surface area (Å²) in [5.41, 5.74) is -2.46. The fourth-order valence-electron chi connectivity index (χ4n) is 4.54. The lowest BCUT2D eigenvalue weighted by Crippen LogP contribution is -2.57. The molecular formula is C27H17F3N6OS. The molecule has 0 bridgehead atoms. The fourth-order valence-corrected chi connectivity index (χ4v) is 5.16. The van der Waals surface area contributed by atoms with Gasteiger partial charge < -0.3 is 5.32 Å². The van der Waals surface area contributed by atoms with Gasteiger partial charge in [-0.05, 0) is 47.8 Å². The quantitative estimate of drug-likeness (QED) is 0.312. The molecule has 1 unspecified atom stereocenters. The second kappa shape index (κ2) is 9.03. The molecule has 38 heavy (non-hydrogen) atoms. The molecule has 1 N–H and O–H groups in total. The largest absolute Gasteiger partial charge is 0.421 e. The Morgan fingerprint density at radius 1 is 0.921 bits per heavy atom. The molecule has 7 nitrogen and oxygen atoms in total. The molecule has 0 aliphatic carbocycles. The number of amides is 1. The van der Waals surface area contributed by atoms with E-state index in [-0.39, 0.29) is 21.7 Å². The molecule has 5 heterocycles. The van der Waals surface area contributed by atoms with Crippen LogP contribution in [0.1, 0.15) is 20.9 Å². The van der Waals surface area contributed by atoms with Crippen LogP contribution in [0.4, 0.5) is 13.2 Å². The summed E-state index contributed by atoms with van der Waals surface area (Å²) < 4.78 is 48.0. The minimum atomic E-state index is -5.02. The van der Waals surface area contributed by atoms with Crippen molar-refractivity contribution in [2.24, 2.45) is 0 Å². The summed E-state index contributed by atoms with van der Waals surface area (Å²) in [5.74, 6) is -0.884. The van der Waals surface area contributed by atoms with E-state index in [9.17, 15) is 4.79 Å². The van der Waals surface area contributed by atoms with Crippen molar-refractivity contribution in [3.63, 3.8) is 0 Å². The zero-order valence-corrected chi connectivity index (χ0v) is 20.2. The fraction of sp³-hybridized carbons (Fsp3) is 0.0741. The van der Waals surface area contributed by atoms with Crippen molar-refractivity contribution >= 4 is 33.7 Å². The summed E-state index contributed by atoms with van der Waals surface area (Å²) in [6.07, 6.45) is 0.594. The third-order valence-corrected chi connectivity index (χ3v) is 7.08. The van der Waals surface area contributed by atoms with Crippen LogP contribution in [0.5, 0.6) is 0 Å². The second-order valence-electron chi connectivity index (χ2n) is 8.44.